The summed E-state index contributed by atoms with van der Waals surface area (Å²) in [6.45, 7) is 8.85. The maximum atomic E-state index is 10.3. The molecule has 1 unspecified atom stereocenters. The molecule has 4 N–H and O–H groups in total. The van der Waals surface area contributed by atoms with E-state index in [4.69, 9.17) is 15.9 Å². The van der Waals surface area contributed by atoms with Gasteiger partial charge in [0.25, 0.3) is 0 Å². The Morgan fingerprint density at radius 2 is 1.80 bits per heavy atom. The molecule has 4 nitrogen and oxygen atoms in total. The summed E-state index contributed by atoms with van der Waals surface area (Å²) in [6.07, 6.45) is 1.26. The van der Waals surface area contributed by atoms with Crippen LogP contribution in [0.3, 0.4) is 0 Å². The fourth-order valence-electron chi connectivity index (χ4n) is 1.42. The zero-order valence-electron chi connectivity index (χ0n) is 10.3. The number of aliphatic carboxylic acids is 1. The Morgan fingerprint density at radius 3 is 2.00 bits per heavy atom. The van der Waals surface area contributed by atoms with Gasteiger partial charge in [0, 0.05) is 13.0 Å². The van der Waals surface area contributed by atoms with Gasteiger partial charge in [0.05, 0.1) is 6.61 Å². The molecule has 4 heteroatoms. The quantitative estimate of drug-likeness (QED) is 0.668. The molecule has 0 heterocycles. The summed E-state index contributed by atoms with van der Waals surface area (Å²) in [4.78, 5) is 10.3. The molecule has 0 saturated heterocycles. The molecule has 0 aliphatic rings. The number of carboxylic acids is 1. The van der Waals surface area contributed by atoms with E-state index in [2.05, 4.69) is 20.8 Å². The molecule has 0 aromatic carbocycles. The molecule has 15 heavy (non-hydrogen) atoms. The Kier molecular flexibility index (Phi) is 9.72. The number of aliphatic hydroxyl groups is 1. The van der Waals surface area contributed by atoms with Gasteiger partial charge in [0.1, 0.15) is 0 Å². The lowest BCUT2D eigenvalue weighted by Gasteiger charge is -2.21. The minimum absolute atomic E-state index is 0.0972. The van der Waals surface area contributed by atoms with Gasteiger partial charge < -0.3 is 15.9 Å². The topological polar surface area (TPSA) is 83.5 Å². The molecular formula is C11H25NO3. The molecule has 0 rings (SSSR count). The third-order valence-electron chi connectivity index (χ3n) is 1.61. The lowest BCUT2D eigenvalue weighted by Crippen LogP contribution is -2.13. The normalized spacial score (nSPS) is 12.7. The smallest absolute Gasteiger partial charge is 0.303 e. The molecule has 0 saturated carbocycles. The fourth-order valence-corrected chi connectivity index (χ4v) is 1.42. The summed E-state index contributed by atoms with van der Waals surface area (Å²) in [7, 11) is 0. The number of aliphatic hydroxyl groups excluding tert-OH is 1. The van der Waals surface area contributed by atoms with Crippen molar-refractivity contribution in [2.24, 2.45) is 17.1 Å². The number of rotatable bonds is 4. The Morgan fingerprint density at radius 1 is 1.40 bits per heavy atom. The molecule has 0 aliphatic carbocycles. The molecule has 0 aliphatic heterocycles. The summed E-state index contributed by atoms with van der Waals surface area (Å²) < 4.78 is 0. The van der Waals surface area contributed by atoms with Crippen LogP contribution in [0.2, 0.25) is 0 Å². The first-order valence-electron chi connectivity index (χ1n) is 5.25. The molecule has 0 radical (unpaired) electrons. The van der Waals surface area contributed by atoms with Crippen LogP contribution in [0.1, 0.15) is 40.5 Å². The maximum Gasteiger partial charge on any atom is 0.303 e. The van der Waals surface area contributed by atoms with Gasteiger partial charge in [-0.25, -0.2) is 0 Å². The fraction of sp³-hybridized carbons (Fsp3) is 0.909. The van der Waals surface area contributed by atoms with Gasteiger partial charge in [-0.2, -0.15) is 0 Å². The van der Waals surface area contributed by atoms with E-state index >= 15 is 0 Å². The van der Waals surface area contributed by atoms with Gasteiger partial charge in [0.2, 0.25) is 0 Å². The van der Waals surface area contributed by atoms with Crippen LogP contribution in [0.5, 0.6) is 0 Å². The number of hydrogen-bond donors (Lipinski definition) is 3. The number of nitrogens with two attached hydrogens (primary N) is 1. The Bertz CT molecular complexity index is 162. The van der Waals surface area contributed by atoms with Gasteiger partial charge in [-0.15, -0.1) is 0 Å². The van der Waals surface area contributed by atoms with Crippen LogP contribution in [0.15, 0.2) is 0 Å². The zero-order chi connectivity index (χ0) is 12.5. The standard InChI is InChI=1S/C9H18O2.C2H7NO/c1-7(5-8(10)11)6-9(2,3)4;3-1-2-4/h7H,5-6H2,1-4H3,(H,10,11);4H,1-3H2. The van der Waals surface area contributed by atoms with Crippen molar-refractivity contribution < 1.29 is 15.0 Å². The van der Waals surface area contributed by atoms with E-state index in [9.17, 15) is 4.79 Å². The van der Waals surface area contributed by atoms with Crippen molar-refractivity contribution in [2.75, 3.05) is 13.2 Å². The van der Waals surface area contributed by atoms with Crippen LogP contribution in [-0.2, 0) is 4.79 Å². The second-order valence-electron chi connectivity index (χ2n) is 4.98. The summed E-state index contributed by atoms with van der Waals surface area (Å²) in [5.41, 5.74) is 5.02. The van der Waals surface area contributed by atoms with E-state index in [1.54, 1.807) is 0 Å². The highest BCUT2D eigenvalue weighted by atomic mass is 16.4. The largest absolute Gasteiger partial charge is 0.481 e. The van der Waals surface area contributed by atoms with Crippen molar-refractivity contribution in [1.29, 1.82) is 0 Å². The molecule has 92 valence electrons. The second kappa shape index (κ2) is 8.68. The van der Waals surface area contributed by atoms with Crippen molar-refractivity contribution in [2.45, 2.75) is 40.5 Å². The van der Waals surface area contributed by atoms with E-state index in [-0.39, 0.29) is 24.4 Å². The summed E-state index contributed by atoms with van der Waals surface area (Å²) >= 11 is 0. The lowest BCUT2D eigenvalue weighted by molar-refractivity contribution is -0.138. The highest BCUT2D eigenvalue weighted by Crippen LogP contribution is 2.25. The van der Waals surface area contributed by atoms with Crippen LogP contribution in [0, 0.1) is 11.3 Å². The third kappa shape index (κ3) is 19.7. The monoisotopic (exact) mass is 219 g/mol. The van der Waals surface area contributed by atoms with E-state index in [0.29, 0.717) is 6.54 Å². The Hall–Kier alpha value is -0.610. The molecule has 0 fully saturated rings. The van der Waals surface area contributed by atoms with Crippen LogP contribution in [0.25, 0.3) is 0 Å². The Labute approximate surface area is 92.5 Å². The summed E-state index contributed by atoms with van der Waals surface area (Å²) in [5.74, 6) is -0.408. The van der Waals surface area contributed by atoms with Gasteiger partial charge in [-0.05, 0) is 17.8 Å². The van der Waals surface area contributed by atoms with E-state index in [1.165, 1.54) is 0 Å². The number of carbonyl (C=O) groups is 1. The average molecular weight is 219 g/mol. The third-order valence-corrected chi connectivity index (χ3v) is 1.61. The van der Waals surface area contributed by atoms with E-state index in [0.717, 1.165) is 6.42 Å². The maximum absolute atomic E-state index is 10.3. The lowest BCUT2D eigenvalue weighted by atomic mass is 9.84. The van der Waals surface area contributed by atoms with Crippen molar-refractivity contribution in [3.8, 4) is 0 Å². The van der Waals surface area contributed by atoms with Gasteiger partial charge in [-0.1, -0.05) is 27.7 Å². The number of carboxylic acid groups (broad SMARTS) is 1. The SMILES string of the molecule is CC(CC(=O)O)CC(C)(C)C.NCCO. The van der Waals surface area contributed by atoms with Crippen molar-refractivity contribution in [3.05, 3.63) is 0 Å². The van der Waals surface area contributed by atoms with Gasteiger partial charge in [-0.3, -0.25) is 4.79 Å². The van der Waals surface area contributed by atoms with E-state index in [1.807, 2.05) is 6.92 Å². The highest BCUT2D eigenvalue weighted by molar-refractivity contribution is 5.66. The van der Waals surface area contributed by atoms with Gasteiger partial charge in [0.15, 0.2) is 0 Å². The number of hydrogen-bond acceptors (Lipinski definition) is 3. The first-order chi connectivity index (χ1) is 6.72. The molecule has 0 aromatic rings. The van der Waals surface area contributed by atoms with Crippen LogP contribution < -0.4 is 5.73 Å². The zero-order valence-corrected chi connectivity index (χ0v) is 10.3. The predicted octanol–water partition coefficient (Wildman–Crippen LogP) is 1.47. The van der Waals surface area contributed by atoms with Crippen LogP contribution in [0.4, 0.5) is 0 Å². The van der Waals surface area contributed by atoms with Crippen molar-refractivity contribution in [3.63, 3.8) is 0 Å². The second-order valence-corrected chi connectivity index (χ2v) is 4.98. The molecule has 1 atom stereocenters. The van der Waals surface area contributed by atoms with Crippen molar-refractivity contribution >= 4 is 5.97 Å². The van der Waals surface area contributed by atoms with Crippen LogP contribution >= 0.6 is 0 Å². The average Bonchev–Trinajstić information content (AvgIpc) is 1.99. The molecule has 0 spiro atoms. The summed E-state index contributed by atoms with van der Waals surface area (Å²) in [6, 6.07) is 0. The first-order valence-corrected chi connectivity index (χ1v) is 5.25. The summed E-state index contributed by atoms with van der Waals surface area (Å²) in [5, 5.41) is 16.2. The van der Waals surface area contributed by atoms with Crippen LogP contribution in [-0.4, -0.2) is 29.3 Å². The minimum Gasteiger partial charge on any atom is -0.481 e. The molecule has 0 aromatic heterocycles. The van der Waals surface area contributed by atoms with E-state index < -0.39 is 5.97 Å². The highest BCUT2D eigenvalue weighted by Gasteiger charge is 2.16. The predicted molar refractivity (Wildman–Crippen MR) is 61.6 cm³/mol. The Balaban J connectivity index is 0. The molecule has 0 bridgehead atoms. The van der Waals surface area contributed by atoms with Crippen molar-refractivity contribution in [1.82, 2.24) is 0 Å². The van der Waals surface area contributed by atoms with Gasteiger partial charge >= 0.3 is 5.97 Å². The minimum atomic E-state index is -0.693. The molecule has 0 amide bonds. The molecular weight excluding hydrogens is 194 g/mol. The first kappa shape index (κ1) is 16.8.